The van der Waals surface area contributed by atoms with Gasteiger partial charge in [0.1, 0.15) is 0 Å². The molecule has 0 spiro atoms. The molecule has 27 heavy (non-hydrogen) atoms. The summed E-state index contributed by atoms with van der Waals surface area (Å²) in [5.74, 6) is 0.242. The van der Waals surface area contributed by atoms with Gasteiger partial charge in [-0.1, -0.05) is 75.4 Å². The molecule has 1 aromatic carbocycles. The number of carbonyl (C=O) groups excluding carboxylic acids is 1. The Morgan fingerprint density at radius 1 is 1.04 bits per heavy atom. The zero-order valence-electron chi connectivity index (χ0n) is 16.7. The molecule has 0 N–H and O–H groups in total. The minimum atomic E-state index is 0.242. The van der Waals surface area contributed by atoms with Crippen molar-refractivity contribution < 1.29 is 4.79 Å². The highest BCUT2D eigenvalue weighted by Crippen LogP contribution is 2.48. The van der Waals surface area contributed by atoms with Crippen LogP contribution in [0, 0.1) is 0 Å². The van der Waals surface area contributed by atoms with Gasteiger partial charge in [-0.05, 0) is 44.2 Å². The van der Waals surface area contributed by atoms with E-state index in [4.69, 9.17) is 0 Å². The SMILES string of the molecule is CCCC(=O)/C=C1\Sc2ccccc2N1/C1=C/CCCCCCCCCC1. The Morgan fingerprint density at radius 3 is 2.52 bits per heavy atom. The summed E-state index contributed by atoms with van der Waals surface area (Å²) in [6.45, 7) is 2.07. The maximum atomic E-state index is 12.3. The largest absolute Gasteiger partial charge is 0.307 e. The first-order chi connectivity index (χ1) is 13.3. The van der Waals surface area contributed by atoms with Gasteiger partial charge in [-0.25, -0.2) is 0 Å². The number of fused-ring (bicyclic) bond motifs is 1. The van der Waals surface area contributed by atoms with E-state index < -0.39 is 0 Å². The van der Waals surface area contributed by atoms with Crippen LogP contribution in [0.1, 0.15) is 84.0 Å². The quantitative estimate of drug-likeness (QED) is 0.499. The van der Waals surface area contributed by atoms with Crippen molar-refractivity contribution in [2.45, 2.75) is 88.9 Å². The third kappa shape index (κ3) is 5.75. The van der Waals surface area contributed by atoms with Crippen LogP contribution in [0.25, 0.3) is 0 Å². The molecule has 0 radical (unpaired) electrons. The Hall–Kier alpha value is -1.48. The lowest BCUT2D eigenvalue weighted by atomic mass is 10.0. The van der Waals surface area contributed by atoms with Crippen LogP contribution in [0.4, 0.5) is 5.69 Å². The van der Waals surface area contributed by atoms with Crippen molar-refractivity contribution in [3.8, 4) is 0 Å². The molecule has 0 amide bonds. The van der Waals surface area contributed by atoms with E-state index in [9.17, 15) is 4.79 Å². The van der Waals surface area contributed by atoms with Gasteiger partial charge in [0, 0.05) is 23.1 Å². The van der Waals surface area contributed by atoms with Crippen LogP contribution in [-0.2, 0) is 4.79 Å². The number of benzene rings is 1. The van der Waals surface area contributed by atoms with E-state index >= 15 is 0 Å². The monoisotopic (exact) mass is 383 g/mol. The molecule has 146 valence electrons. The van der Waals surface area contributed by atoms with Crippen LogP contribution in [0.2, 0.25) is 0 Å². The lowest BCUT2D eigenvalue weighted by molar-refractivity contribution is -0.114. The topological polar surface area (TPSA) is 20.3 Å². The summed E-state index contributed by atoms with van der Waals surface area (Å²) < 4.78 is 0. The number of para-hydroxylation sites is 1. The predicted octanol–water partition coefficient (Wildman–Crippen LogP) is 7.61. The number of nitrogens with zero attached hydrogens (tertiary/aromatic N) is 1. The van der Waals surface area contributed by atoms with E-state index in [1.165, 1.54) is 67.6 Å². The Kier molecular flexibility index (Phi) is 8.07. The van der Waals surface area contributed by atoms with E-state index in [0.717, 1.165) is 24.3 Å². The molecule has 0 bridgehead atoms. The maximum Gasteiger partial charge on any atom is 0.158 e. The van der Waals surface area contributed by atoms with Crippen molar-refractivity contribution in [3.05, 3.63) is 47.1 Å². The van der Waals surface area contributed by atoms with Crippen LogP contribution in [0.15, 0.2) is 52.0 Å². The second-order valence-electron chi connectivity index (χ2n) is 7.67. The molecular formula is C24H33NOS. The van der Waals surface area contributed by atoms with Crippen LogP contribution >= 0.6 is 11.8 Å². The molecule has 2 aliphatic rings. The van der Waals surface area contributed by atoms with Gasteiger partial charge in [0.25, 0.3) is 0 Å². The van der Waals surface area contributed by atoms with Crippen molar-refractivity contribution >= 4 is 23.2 Å². The average Bonchev–Trinajstić information content (AvgIpc) is 3.00. The highest BCUT2D eigenvalue weighted by Gasteiger charge is 2.27. The number of carbonyl (C=O) groups is 1. The molecular weight excluding hydrogens is 350 g/mol. The van der Waals surface area contributed by atoms with Crippen LogP contribution < -0.4 is 4.90 Å². The summed E-state index contributed by atoms with van der Waals surface area (Å²) in [6, 6.07) is 8.58. The summed E-state index contributed by atoms with van der Waals surface area (Å²) in [4.78, 5) is 16.0. The number of thioether (sulfide) groups is 1. The molecule has 0 saturated heterocycles. The molecule has 3 rings (SSSR count). The third-order valence-corrected chi connectivity index (χ3v) is 6.45. The molecule has 2 nitrogen and oxygen atoms in total. The highest BCUT2D eigenvalue weighted by atomic mass is 32.2. The van der Waals surface area contributed by atoms with Crippen LogP contribution in [-0.4, -0.2) is 5.78 Å². The first-order valence-corrected chi connectivity index (χ1v) is 11.6. The van der Waals surface area contributed by atoms with Crippen molar-refractivity contribution in [1.29, 1.82) is 0 Å². The first-order valence-electron chi connectivity index (χ1n) is 10.8. The van der Waals surface area contributed by atoms with Crippen LogP contribution in [0.3, 0.4) is 0 Å². The normalized spacial score (nSPS) is 22.5. The molecule has 3 heteroatoms. The fourth-order valence-corrected chi connectivity index (χ4v) is 5.07. The first kappa shape index (κ1) is 20.3. The van der Waals surface area contributed by atoms with Crippen molar-refractivity contribution in [3.63, 3.8) is 0 Å². The van der Waals surface area contributed by atoms with E-state index in [1.807, 2.05) is 6.08 Å². The Balaban J connectivity index is 1.87. The van der Waals surface area contributed by atoms with Gasteiger partial charge in [0.2, 0.25) is 0 Å². The van der Waals surface area contributed by atoms with E-state index in [2.05, 4.69) is 42.2 Å². The van der Waals surface area contributed by atoms with Gasteiger partial charge in [-0.2, -0.15) is 0 Å². The Bertz CT molecular complexity index is 691. The van der Waals surface area contributed by atoms with Crippen LogP contribution in [0.5, 0.6) is 0 Å². The van der Waals surface area contributed by atoms with Gasteiger partial charge < -0.3 is 4.90 Å². The number of rotatable bonds is 4. The number of anilines is 1. The minimum Gasteiger partial charge on any atom is -0.307 e. The summed E-state index contributed by atoms with van der Waals surface area (Å²) in [6.07, 6.45) is 18.8. The lowest BCUT2D eigenvalue weighted by Crippen LogP contribution is -2.18. The third-order valence-electron chi connectivity index (χ3n) is 5.38. The van der Waals surface area contributed by atoms with Gasteiger partial charge in [-0.3, -0.25) is 4.79 Å². The van der Waals surface area contributed by atoms with E-state index in [-0.39, 0.29) is 5.78 Å². The fourth-order valence-electron chi connectivity index (χ4n) is 3.94. The molecule has 0 unspecified atom stereocenters. The average molecular weight is 384 g/mol. The second-order valence-corrected chi connectivity index (χ2v) is 8.73. The second kappa shape index (κ2) is 10.8. The van der Waals surface area contributed by atoms with E-state index in [0.29, 0.717) is 6.42 Å². The van der Waals surface area contributed by atoms with Gasteiger partial charge in [0.15, 0.2) is 5.78 Å². The Labute approximate surface area is 169 Å². The summed E-state index contributed by atoms with van der Waals surface area (Å²) in [5.41, 5.74) is 2.64. The molecule has 0 aromatic heterocycles. The molecule has 1 aliphatic carbocycles. The van der Waals surface area contributed by atoms with Crippen molar-refractivity contribution in [2.75, 3.05) is 4.90 Å². The number of hydrogen-bond acceptors (Lipinski definition) is 3. The zero-order chi connectivity index (χ0) is 18.9. The van der Waals surface area contributed by atoms with Gasteiger partial charge in [0.05, 0.1) is 10.7 Å². The number of hydrogen-bond donors (Lipinski definition) is 0. The molecule has 1 aromatic rings. The molecule has 1 aliphatic heterocycles. The summed E-state index contributed by atoms with van der Waals surface area (Å²) in [5, 5.41) is 1.09. The van der Waals surface area contributed by atoms with Gasteiger partial charge >= 0.3 is 0 Å². The highest BCUT2D eigenvalue weighted by molar-refractivity contribution is 8.03. The maximum absolute atomic E-state index is 12.3. The Morgan fingerprint density at radius 2 is 1.74 bits per heavy atom. The summed E-state index contributed by atoms with van der Waals surface area (Å²) >= 11 is 1.75. The fraction of sp³-hybridized carbons (Fsp3) is 0.542. The lowest BCUT2D eigenvalue weighted by Gasteiger charge is -2.24. The minimum absolute atomic E-state index is 0.242. The molecule has 0 fully saturated rings. The molecule has 0 atom stereocenters. The van der Waals surface area contributed by atoms with Crippen molar-refractivity contribution in [1.82, 2.24) is 0 Å². The predicted molar refractivity (Wildman–Crippen MR) is 117 cm³/mol. The van der Waals surface area contributed by atoms with Gasteiger partial charge in [-0.15, -0.1) is 0 Å². The number of ketones is 1. The molecule has 0 saturated carbocycles. The summed E-state index contributed by atoms with van der Waals surface area (Å²) in [7, 11) is 0. The standard InChI is InChI=1S/C24H33NOS/c1-2-14-21(26)19-24-25(22-17-12-13-18-23(22)27-24)20-15-10-8-6-4-3-5-7-9-11-16-20/h12-13,15,17-19H,2-11,14,16H2,1H3/b20-15+,24-19-. The number of allylic oxidation sites excluding steroid dienone is 3. The smallest absolute Gasteiger partial charge is 0.158 e. The van der Waals surface area contributed by atoms with Crippen molar-refractivity contribution in [2.24, 2.45) is 0 Å². The molecule has 1 heterocycles. The van der Waals surface area contributed by atoms with E-state index in [1.54, 1.807) is 11.8 Å². The zero-order valence-corrected chi connectivity index (χ0v) is 17.5.